The monoisotopic (exact) mass is 374 g/mol. The smallest absolute Gasteiger partial charge is 0.258 e. The highest BCUT2D eigenvalue weighted by Gasteiger charge is 2.09. The molecule has 0 aliphatic carbocycles. The standard InChI is InChI=1S/C19H19ClN2O4/c1-12-3-8-17(16(20)9-12)22-18(24)10-21-19(25)11-26-15-6-4-14(5-7-15)13(2)23/h3-9H,10-11H2,1-2H3,(H,21,25)(H,22,24). The van der Waals surface area contributed by atoms with Gasteiger partial charge in [-0.2, -0.15) is 0 Å². The third-order valence-corrected chi connectivity index (χ3v) is 3.79. The van der Waals surface area contributed by atoms with Gasteiger partial charge in [0.2, 0.25) is 5.91 Å². The highest BCUT2D eigenvalue weighted by Crippen LogP contribution is 2.22. The molecule has 0 atom stereocenters. The molecule has 136 valence electrons. The number of amides is 2. The minimum absolute atomic E-state index is 0.0472. The van der Waals surface area contributed by atoms with Crippen LogP contribution in [0.2, 0.25) is 5.02 Å². The number of Topliss-reactive ketones (excluding diaryl/α,β-unsaturated/α-hetero) is 1. The van der Waals surface area contributed by atoms with Crippen molar-refractivity contribution < 1.29 is 19.1 Å². The second-order valence-corrected chi connectivity index (χ2v) is 6.08. The number of aryl methyl sites for hydroxylation is 1. The van der Waals surface area contributed by atoms with Gasteiger partial charge in [-0.15, -0.1) is 0 Å². The second-order valence-electron chi connectivity index (χ2n) is 5.68. The number of halogens is 1. The molecule has 0 aliphatic rings. The van der Waals surface area contributed by atoms with E-state index in [0.29, 0.717) is 22.0 Å². The fourth-order valence-electron chi connectivity index (χ4n) is 2.08. The molecule has 0 spiro atoms. The first-order chi connectivity index (χ1) is 12.3. The van der Waals surface area contributed by atoms with Gasteiger partial charge in [-0.25, -0.2) is 0 Å². The summed E-state index contributed by atoms with van der Waals surface area (Å²) < 4.78 is 5.31. The van der Waals surface area contributed by atoms with Crippen molar-refractivity contribution in [2.75, 3.05) is 18.5 Å². The lowest BCUT2D eigenvalue weighted by Gasteiger charge is -2.10. The van der Waals surface area contributed by atoms with E-state index < -0.39 is 11.8 Å². The number of ether oxygens (including phenoxy) is 1. The summed E-state index contributed by atoms with van der Waals surface area (Å²) in [5, 5.41) is 5.52. The molecule has 2 aromatic carbocycles. The van der Waals surface area contributed by atoms with Crippen LogP contribution in [0.1, 0.15) is 22.8 Å². The Bertz CT molecular complexity index is 819. The van der Waals surface area contributed by atoms with Crippen molar-refractivity contribution in [2.24, 2.45) is 0 Å². The Morgan fingerprint density at radius 1 is 1.04 bits per heavy atom. The van der Waals surface area contributed by atoms with Gasteiger partial charge in [-0.3, -0.25) is 14.4 Å². The molecule has 0 saturated heterocycles. The highest BCUT2D eigenvalue weighted by molar-refractivity contribution is 6.33. The predicted octanol–water partition coefficient (Wildman–Crippen LogP) is 2.98. The fourth-order valence-corrected chi connectivity index (χ4v) is 2.36. The quantitative estimate of drug-likeness (QED) is 0.730. The van der Waals surface area contributed by atoms with Gasteiger partial charge in [-0.1, -0.05) is 17.7 Å². The summed E-state index contributed by atoms with van der Waals surface area (Å²) >= 11 is 6.04. The van der Waals surface area contributed by atoms with Crippen LogP contribution >= 0.6 is 11.6 Å². The van der Waals surface area contributed by atoms with Crippen molar-refractivity contribution in [1.82, 2.24) is 5.32 Å². The maximum absolute atomic E-state index is 11.9. The summed E-state index contributed by atoms with van der Waals surface area (Å²) in [4.78, 5) is 34.8. The molecule has 0 heterocycles. The van der Waals surface area contributed by atoms with Gasteiger partial charge < -0.3 is 15.4 Å². The Kier molecular flexibility index (Phi) is 6.74. The van der Waals surface area contributed by atoms with Crippen molar-refractivity contribution >= 4 is 34.9 Å². The molecule has 2 rings (SSSR count). The van der Waals surface area contributed by atoms with E-state index in [9.17, 15) is 14.4 Å². The van der Waals surface area contributed by atoms with Crippen molar-refractivity contribution in [3.05, 3.63) is 58.6 Å². The first-order valence-electron chi connectivity index (χ1n) is 7.91. The predicted molar refractivity (Wildman–Crippen MR) is 99.8 cm³/mol. The Morgan fingerprint density at radius 3 is 2.35 bits per heavy atom. The average Bonchev–Trinajstić information content (AvgIpc) is 2.61. The molecule has 26 heavy (non-hydrogen) atoms. The molecule has 2 aromatic rings. The Labute approximate surface area is 156 Å². The minimum atomic E-state index is -0.439. The lowest BCUT2D eigenvalue weighted by Crippen LogP contribution is -2.35. The van der Waals surface area contributed by atoms with E-state index in [2.05, 4.69) is 10.6 Å². The Hall–Kier alpha value is -2.86. The summed E-state index contributed by atoms with van der Waals surface area (Å²) in [5.41, 5.74) is 2.03. The summed E-state index contributed by atoms with van der Waals surface area (Å²) in [5.74, 6) is -0.421. The lowest BCUT2D eigenvalue weighted by atomic mass is 10.1. The van der Waals surface area contributed by atoms with E-state index in [1.807, 2.05) is 13.0 Å². The number of carbonyl (C=O) groups is 3. The van der Waals surface area contributed by atoms with E-state index in [0.717, 1.165) is 5.56 Å². The SMILES string of the molecule is CC(=O)c1ccc(OCC(=O)NCC(=O)Nc2ccc(C)cc2Cl)cc1. The molecule has 7 heteroatoms. The van der Waals surface area contributed by atoms with Gasteiger partial charge in [-0.05, 0) is 55.8 Å². The Balaban J connectivity index is 1.75. The molecule has 0 radical (unpaired) electrons. The molecule has 0 saturated carbocycles. The molecule has 2 N–H and O–H groups in total. The Morgan fingerprint density at radius 2 is 1.73 bits per heavy atom. The molecule has 6 nitrogen and oxygen atoms in total. The number of benzene rings is 2. The summed E-state index contributed by atoms with van der Waals surface area (Å²) in [7, 11) is 0. The van der Waals surface area contributed by atoms with Gasteiger partial charge >= 0.3 is 0 Å². The molecule has 2 amide bonds. The molecule has 0 bridgehead atoms. The zero-order valence-electron chi connectivity index (χ0n) is 14.5. The number of hydrogen-bond donors (Lipinski definition) is 2. The third kappa shape index (κ3) is 5.89. The van der Waals surface area contributed by atoms with E-state index in [1.165, 1.54) is 6.92 Å². The van der Waals surface area contributed by atoms with Gasteiger partial charge in [0.15, 0.2) is 12.4 Å². The third-order valence-electron chi connectivity index (χ3n) is 3.48. The van der Waals surface area contributed by atoms with Crippen LogP contribution < -0.4 is 15.4 Å². The average molecular weight is 375 g/mol. The lowest BCUT2D eigenvalue weighted by molar-refractivity contribution is -0.125. The topological polar surface area (TPSA) is 84.5 Å². The van der Waals surface area contributed by atoms with Crippen LogP contribution in [0.4, 0.5) is 5.69 Å². The number of anilines is 1. The summed E-state index contributed by atoms with van der Waals surface area (Å²) in [6.45, 7) is 2.93. The van der Waals surface area contributed by atoms with E-state index in [4.69, 9.17) is 16.3 Å². The van der Waals surface area contributed by atoms with E-state index in [1.54, 1.807) is 36.4 Å². The maximum atomic E-state index is 11.9. The van der Waals surface area contributed by atoms with Crippen molar-refractivity contribution in [1.29, 1.82) is 0 Å². The van der Waals surface area contributed by atoms with Gasteiger partial charge in [0, 0.05) is 5.56 Å². The zero-order valence-corrected chi connectivity index (χ0v) is 15.2. The van der Waals surface area contributed by atoms with Crippen LogP contribution in [-0.4, -0.2) is 30.7 Å². The normalized spacial score (nSPS) is 10.1. The number of ketones is 1. The number of carbonyl (C=O) groups excluding carboxylic acids is 3. The highest BCUT2D eigenvalue weighted by atomic mass is 35.5. The van der Waals surface area contributed by atoms with Crippen LogP contribution in [-0.2, 0) is 9.59 Å². The zero-order chi connectivity index (χ0) is 19.1. The van der Waals surface area contributed by atoms with Crippen LogP contribution in [0.25, 0.3) is 0 Å². The van der Waals surface area contributed by atoms with Crippen molar-refractivity contribution in [3.63, 3.8) is 0 Å². The number of rotatable bonds is 7. The molecule has 0 unspecified atom stereocenters. The molecular formula is C19H19ClN2O4. The van der Waals surface area contributed by atoms with Crippen LogP contribution in [0.5, 0.6) is 5.75 Å². The van der Waals surface area contributed by atoms with Crippen molar-refractivity contribution in [3.8, 4) is 5.75 Å². The maximum Gasteiger partial charge on any atom is 0.258 e. The second kappa shape index (κ2) is 9.01. The molecule has 0 fully saturated rings. The van der Waals surface area contributed by atoms with Gasteiger partial charge in [0.05, 0.1) is 17.3 Å². The van der Waals surface area contributed by atoms with Crippen LogP contribution in [0, 0.1) is 6.92 Å². The summed E-state index contributed by atoms with van der Waals surface area (Å²) in [6, 6.07) is 11.7. The summed E-state index contributed by atoms with van der Waals surface area (Å²) in [6.07, 6.45) is 0. The molecular weight excluding hydrogens is 356 g/mol. The van der Waals surface area contributed by atoms with Gasteiger partial charge in [0.1, 0.15) is 5.75 Å². The first-order valence-corrected chi connectivity index (χ1v) is 8.29. The first kappa shape index (κ1) is 19.5. The van der Waals surface area contributed by atoms with E-state index >= 15 is 0 Å². The van der Waals surface area contributed by atoms with Crippen molar-refractivity contribution in [2.45, 2.75) is 13.8 Å². The molecule has 0 aromatic heterocycles. The minimum Gasteiger partial charge on any atom is -0.484 e. The number of nitrogens with one attached hydrogen (secondary N) is 2. The van der Waals surface area contributed by atoms with Crippen LogP contribution in [0.3, 0.4) is 0 Å². The van der Waals surface area contributed by atoms with E-state index in [-0.39, 0.29) is 18.9 Å². The number of hydrogen-bond acceptors (Lipinski definition) is 4. The fraction of sp³-hybridized carbons (Fsp3) is 0.211. The van der Waals surface area contributed by atoms with Gasteiger partial charge in [0.25, 0.3) is 5.91 Å². The largest absolute Gasteiger partial charge is 0.484 e. The van der Waals surface area contributed by atoms with Crippen LogP contribution in [0.15, 0.2) is 42.5 Å². The molecule has 0 aliphatic heterocycles.